The van der Waals surface area contributed by atoms with Gasteiger partial charge in [0, 0.05) is 6.07 Å². The molecule has 4 aromatic rings. The Morgan fingerprint density at radius 3 is 1.47 bits per heavy atom. The predicted molar refractivity (Wildman–Crippen MR) is 135 cm³/mol. The Bertz CT molecular complexity index is 1230. The Balaban J connectivity index is 1.40. The molecule has 1 N–H and O–H groups in total. The molecule has 0 amide bonds. The lowest BCUT2D eigenvalue weighted by atomic mass is 10.0. The van der Waals surface area contributed by atoms with Crippen LogP contribution in [0.3, 0.4) is 0 Å². The van der Waals surface area contributed by atoms with Crippen molar-refractivity contribution in [2.45, 2.75) is 25.7 Å². The molecule has 4 heteroatoms. The zero-order valence-corrected chi connectivity index (χ0v) is 19.7. The standard InChI is InChI=1S/C30H30O4/c1-32-27-9-3-6-22(17-27)12-13-24-8-5-11-29(19-24)34-30-20-25(16-26(31)21-30)15-14-23-7-4-10-28(18-23)33-2/h3-11,16-21,31H,12-15H2,1-2H3. The molecule has 0 heterocycles. The van der Waals surface area contributed by atoms with E-state index in [0.29, 0.717) is 5.75 Å². The Hall–Kier alpha value is -3.92. The van der Waals surface area contributed by atoms with E-state index in [-0.39, 0.29) is 5.75 Å². The molecule has 0 bridgehead atoms. The van der Waals surface area contributed by atoms with Gasteiger partial charge in [-0.1, -0.05) is 36.4 Å². The second-order valence-electron chi connectivity index (χ2n) is 8.29. The summed E-state index contributed by atoms with van der Waals surface area (Å²) in [5.41, 5.74) is 4.64. The molecule has 0 radical (unpaired) electrons. The maximum absolute atomic E-state index is 10.2. The zero-order chi connectivity index (χ0) is 23.8. The van der Waals surface area contributed by atoms with Gasteiger partial charge < -0.3 is 19.3 Å². The van der Waals surface area contributed by atoms with Crippen molar-refractivity contribution < 1.29 is 19.3 Å². The van der Waals surface area contributed by atoms with E-state index in [4.69, 9.17) is 14.2 Å². The first-order valence-corrected chi connectivity index (χ1v) is 11.5. The molecular formula is C30H30O4. The summed E-state index contributed by atoms with van der Waals surface area (Å²) in [4.78, 5) is 0. The van der Waals surface area contributed by atoms with Crippen LogP contribution in [0.4, 0.5) is 0 Å². The number of aryl methyl sites for hydroxylation is 4. The van der Waals surface area contributed by atoms with Crippen LogP contribution in [-0.4, -0.2) is 19.3 Å². The number of methoxy groups -OCH3 is 2. The fourth-order valence-corrected chi connectivity index (χ4v) is 3.98. The fourth-order valence-electron chi connectivity index (χ4n) is 3.98. The Morgan fingerprint density at radius 2 is 0.941 bits per heavy atom. The van der Waals surface area contributed by atoms with Crippen LogP contribution in [0, 0.1) is 0 Å². The number of hydrogen-bond donors (Lipinski definition) is 1. The van der Waals surface area contributed by atoms with Gasteiger partial charge >= 0.3 is 0 Å². The van der Waals surface area contributed by atoms with Crippen LogP contribution in [0.5, 0.6) is 28.7 Å². The van der Waals surface area contributed by atoms with Gasteiger partial charge in [-0.3, -0.25) is 0 Å². The van der Waals surface area contributed by atoms with Gasteiger partial charge in [-0.2, -0.15) is 0 Å². The lowest BCUT2D eigenvalue weighted by molar-refractivity contribution is 0.414. The number of ether oxygens (including phenoxy) is 3. The van der Waals surface area contributed by atoms with Crippen molar-refractivity contribution in [3.05, 3.63) is 113 Å². The Kier molecular flexibility index (Phi) is 7.71. The third-order valence-corrected chi connectivity index (χ3v) is 5.76. The van der Waals surface area contributed by atoms with E-state index in [0.717, 1.165) is 48.5 Å². The second-order valence-corrected chi connectivity index (χ2v) is 8.29. The highest BCUT2D eigenvalue weighted by atomic mass is 16.5. The third-order valence-electron chi connectivity index (χ3n) is 5.76. The van der Waals surface area contributed by atoms with E-state index in [9.17, 15) is 5.11 Å². The van der Waals surface area contributed by atoms with Crippen LogP contribution in [0.15, 0.2) is 91.0 Å². The average Bonchev–Trinajstić information content (AvgIpc) is 2.86. The number of hydrogen-bond acceptors (Lipinski definition) is 4. The molecule has 0 aliphatic heterocycles. The summed E-state index contributed by atoms with van der Waals surface area (Å²) < 4.78 is 16.7. The number of rotatable bonds is 10. The number of benzene rings is 4. The van der Waals surface area contributed by atoms with E-state index >= 15 is 0 Å². The molecule has 34 heavy (non-hydrogen) atoms. The first-order chi connectivity index (χ1) is 16.6. The van der Waals surface area contributed by atoms with Crippen LogP contribution in [0.25, 0.3) is 0 Å². The lowest BCUT2D eigenvalue weighted by Crippen LogP contribution is -1.95. The highest BCUT2D eigenvalue weighted by Crippen LogP contribution is 2.28. The fraction of sp³-hybridized carbons (Fsp3) is 0.200. The molecule has 0 aromatic heterocycles. The minimum atomic E-state index is 0.201. The molecule has 0 spiro atoms. The SMILES string of the molecule is COc1cccc(CCc2cccc(Oc3cc(O)cc(CCc4cccc(OC)c4)c3)c2)c1. The van der Waals surface area contributed by atoms with Crippen LogP contribution in [0.1, 0.15) is 22.3 Å². The predicted octanol–water partition coefficient (Wildman–Crippen LogP) is 6.77. The number of aromatic hydroxyl groups is 1. The van der Waals surface area contributed by atoms with E-state index in [1.807, 2.05) is 48.5 Å². The summed E-state index contributed by atoms with van der Waals surface area (Å²) in [5, 5.41) is 10.2. The molecule has 0 aliphatic rings. The van der Waals surface area contributed by atoms with Crippen molar-refractivity contribution in [3.63, 3.8) is 0 Å². The normalized spacial score (nSPS) is 10.6. The smallest absolute Gasteiger partial charge is 0.131 e. The van der Waals surface area contributed by atoms with Crippen molar-refractivity contribution in [2.24, 2.45) is 0 Å². The molecule has 0 atom stereocenters. The van der Waals surface area contributed by atoms with Gasteiger partial charge in [-0.15, -0.1) is 0 Å². The largest absolute Gasteiger partial charge is 0.508 e. The monoisotopic (exact) mass is 454 g/mol. The van der Waals surface area contributed by atoms with Gasteiger partial charge in [-0.05, 0) is 96.5 Å². The first kappa shape index (κ1) is 23.2. The maximum atomic E-state index is 10.2. The first-order valence-electron chi connectivity index (χ1n) is 11.5. The minimum Gasteiger partial charge on any atom is -0.508 e. The summed E-state index contributed by atoms with van der Waals surface area (Å²) in [7, 11) is 3.36. The van der Waals surface area contributed by atoms with Gasteiger partial charge in [0.1, 0.15) is 28.7 Å². The van der Waals surface area contributed by atoms with Gasteiger partial charge in [0.25, 0.3) is 0 Å². The van der Waals surface area contributed by atoms with Crippen molar-refractivity contribution in [3.8, 4) is 28.7 Å². The summed E-state index contributed by atoms with van der Waals surface area (Å²) in [6.07, 6.45) is 3.45. The minimum absolute atomic E-state index is 0.201. The summed E-state index contributed by atoms with van der Waals surface area (Å²) in [6, 6.07) is 29.7. The topological polar surface area (TPSA) is 47.9 Å². The summed E-state index contributed by atoms with van der Waals surface area (Å²) in [6.45, 7) is 0. The second kappa shape index (κ2) is 11.3. The quantitative estimate of drug-likeness (QED) is 0.287. The van der Waals surface area contributed by atoms with Crippen molar-refractivity contribution >= 4 is 0 Å². The maximum Gasteiger partial charge on any atom is 0.131 e. The van der Waals surface area contributed by atoms with Gasteiger partial charge in [-0.25, -0.2) is 0 Å². The number of phenols is 1. The van der Waals surface area contributed by atoms with E-state index in [2.05, 4.69) is 30.3 Å². The number of phenolic OH excluding ortho intramolecular Hbond substituents is 1. The molecular weight excluding hydrogens is 424 g/mol. The third kappa shape index (κ3) is 6.55. The molecule has 0 unspecified atom stereocenters. The molecule has 0 fully saturated rings. The lowest BCUT2D eigenvalue weighted by Gasteiger charge is -2.11. The summed E-state index contributed by atoms with van der Waals surface area (Å²) >= 11 is 0. The highest BCUT2D eigenvalue weighted by molar-refractivity contribution is 5.42. The molecule has 0 aliphatic carbocycles. The highest BCUT2D eigenvalue weighted by Gasteiger charge is 2.06. The Morgan fingerprint density at radius 1 is 0.500 bits per heavy atom. The molecule has 174 valence electrons. The van der Waals surface area contributed by atoms with Crippen molar-refractivity contribution in [1.29, 1.82) is 0 Å². The van der Waals surface area contributed by atoms with E-state index in [1.54, 1.807) is 26.4 Å². The van der Waals surface area contributed by atoms with Crippen molar-refractivity contribution in [1.82, 2.24) is 0 Å². The van der Waals surface area contributed by atoms with Gasteiger partial charge in [0.15, 0.2) is 0 Å². The van der Waals surface area contributed by atoms with Crippen LogP contribution in [-0.2, 0) is 25.7 Å². The average molecular weight is 455 g/mol. The summed E-state index contributed by atoms with van der Waals surface area (Å²) in [5.74, 6) is 3.31. The van der Waals surface area contributed by atoms with Gasteiger partial charge in [0.2, 0.25) is 0 Å². The van der Waals surface area contributed by atoms with Gasteiger partial charge in [0.05, 0.1) is 14.2 Å². The van der Waals surface area contributed by atoms with E-state index < -0.39 is 0 Å². The van der Waals surface area contributed by atoms with Crippen LogP contribution < -0.4 is 14.2 Å². The van der Waals surface area contributed by atoms with Crippen LogP contribution >= 0.6 is 0 Å². The molecule has 4 nitrogen and oxygen atoms in total. The molecule has 4 rings (SSSR count). The zero-order valence-electron chi connectivity index (χ0n) is 19.7. The van der Waals surface area contributed by atoms with E-state index in [1.165, 1.54) is 16.7 Å². The Labute approximate surface area is 201 Å². The van der Waals surface area contributed by atoms with Crippen LogP contribution in [0.2, 0.25) is 0 Å². The van der Waals surface area contributed by atoms with Crippen molar-refractivity contribution in [2.75, 3.05) is 14.2 Å². The molecule has 0 saturated carbocycles. The molecule has 0 saturated heterocycles. The molecule has 4 aromatic carbocycles.